The van der Waals surface area contributed by atoms with Crippen LogP contribution in [0.1, 0.15) is 21.5 Å². The van der Waals surface area contributed by atoms with Gasteiger partial charge >= 0.3 is 6.18 Å². The number of nitrogens with one attached hydrogen (secondary N) is 2. The molecular formula is C26H19ClF3N3O4. The van der Waals surface area contributed by atoms with E-state index in [2.05, 4.69) is 10.6 Å². The second kappa shape index (κ2) is 9.98. The van der Waals surface area contributed by atoms with E-state index in [4.69, 9.17) is 16.3 Å². The molecule has 0 aromatic heterocycles. The number of amides is 3. The Morgan fingerprint density at radius 1 is 0.946 bits per heavy atom. The molecule has 1 aliphatic rings. The second-order valence-electron chi connectivity index (χ2n) is 8.05. The van der Waals surface area contributed by atoms with E-state index in [-0.39, 0.29) is 27.7 Å². The lowest BCUT2D eigenvalue weighted by molar-refractivity contribution is -0.137. The van der Waals surface area contributed by atoms with Crippen molar-refractivity contribution >= 4 is 46.4 Å². The summed E-state index contributed by atoms with van der Waals surface area (Å²) in [4.78, 5) is 39.3. The van der Waals surface area contributed by atoms with E-state index < -0.39 is 29.5 Å². The van der Waals surface area contributed by atoms with Crippen molar-refractivity contribution in [3.63, 3.8) is 0 Å². The maximum Gasteiger partial charge on any atom is 0.416 e. The summed E-state index contributed by atoms with van der Waals surface area (Å²) in [5, 5.41) is 4.90. The monoisotopic (exact) mass is 529 g/mol. The van der Waals surface area contributed by atoms with Gasteiger partial charge in [-0.1, -0.05) is 23.7 Å². The number of ether oxygens (including phenoxy) is 1. The minimum atomic E-state index is -4.54. The van der Waals surface area contributed by atoms with Crippen LogP contribution in [0.5, 0.6) is 5.75 Å². The third-order valence-electron chi connectivity index (χ3n) is 5.47. The average Bonchev–Trinajstić information content (AvgIpc) is 3.07. The zero-order valence-corrected chi connectivity index (χ0v) is 20.2. The second-order valence-corrected chi connectivity index (χ2v) is 8.42. The predicted octanol–water partition coefficient (Wildman–Crippen LogP) is 5.71. The van der Waals surface area contributed by atoms with Gasteiger partial charge in [-0.3, -0.25) is 14.4 Å². The molecule has 0 saturated heterocycles. The van der Waals surface area contributed by atoms with Gasteiger partial charge in [-0.2, -0.15) is 13.2 Å². The highest BCUT2D eigenvalue weighted by molar-refractivity contribution is 6.53. The summed E-state index contributed by atoms with van der Waals surface area (Å²) in [7, 11) is 1.41. The number of hydrogen-bond donors (Lipinski definition) is 2. The quantitative estimate of drug-likeness (QED) is 0.399. The first-order valence-electron chi connectivity index (χ1n) is 10.8. The van der Waals surface area contributed by atoms with Gasteiger partial charge in [-0.25, -0.2) is 4.90 Å². The highest BCUT2D eigenvalue weighted by atomic mass is 35.5. The summed E-state index contributed by atoms with van der Waals surface area (Å²) >= 11 is 6.19. The van der Waals surface area contributed by atoms with Gasteiger partial charge in [0.05, 0.1) is 18.4 Å². The molecular weight excluding hydrogens is 511 g/mol. The van der Waals surface area contributed by atoms with Crippen LogP contribution in [-0.2, 0) is 15.8 Å². The first-order chi connectivity index (χ1) is 17.5. The van der Waals surface area contributed by atoms with Gasteiger partial charge in [-0.15, -0.1) is 0 Å². The van der Waals surface area contributed by atoms with Gasteiger partial charge in [0, 0.05) is 16.9 Å². The Balaban J connectivity index is 1.49. The average molecular weight is 530 g/mol. The first-order valence-corrected chi connectivity index (χ1v) is 11.2. The van der Waals surface area contributed by atoms with Crippen LogP contribution < -0.4 is 20.3 Å². The predicted molar refractivity (Wildman–Crippen MR) is 133 cm³/mol. The SMILES string of the molecule is COc1ccc(C)cc1N1C(=O)C(Cl)=C(Nc2ccc(C(=O)Nc3cccc(C(F)(F)F)c3)cc2)C1=O. The van der Waals surface area contributed by atoms with Crippen LogP contribution in [0, 0.1) is 6.92 Å². The van der Waals surface area contributed by atoms with Crippen LogP contribution in [0.15, 0.2) is 77.5 Å². The minimum Gasteiger partial charge on any atom is -0.495 e. The molecule has 7 nitrogen and oxygen atoms in total. The minimum absolute atomic E-state index is 0.0132. The van der Waals surface area contributed by atoms with Crippen molar-refractivity contribution in [2.24, 2.45) is 0 Å². The third-order valence-corrected chi connectivity index (χ3v) is 5.82. The molecule has 190 valence electrons. The number of rotatable bonds is 6. The maximum absolute atomic E-state index is 13.1. The van der Waals surface area contributed by atoms with Crippen molar-refractivity contribution in [2.45, 2.75) is 13.1 Å². The lowest BCUT2D eigenvalue weighted by Gasteiger charge is -2.18. The maximum atomic E-state index is 13.1. The molecule has 0 spiro atoms. The van der Waals surface area contributed by atoms with Crippen molar-refractivity contribution in [3.05, 3.63) is 94.1 Å². The number of halogens is 4. The summed E-state index contributed by atoms with van der Waals surface area (Å²) in [6.45, 7) is 1.80. The summed E-state index contributed by atoms with van der Waals surface area (Å²) in [6.07, 6.45) is -4.54. The van der Waals surface area contributed by atoms with E-state index in [9.17, 15) is 27.6 Å². The van der Waals surface area contributed by atoms with E-state index in [1.165, 1.54) is 43.5 Å². The number of alkyl halides is 3. The first kappa shape index (κ1) is 25.8. The molecule has 3 amide bonds. The number of carbonyl (C=O) groups excluding carboxylic acids is 3. The number of benzene rings is 3. The van der Waals surface area contributed by atoms with Gasteiger partial charge < -0.3 is 15.4 Å². The molecule has 3 aromatic rings. The fourth-order valence-corrected chi connectivity index (χ4v) is 3.84. The van der Waals surface area contributed by atoms with E-state index in [1.54, 1.807) is 25.1 Å². The lowest BCUT2D eigenvalue weighted by Crippen LogP contribution is -2.32. The van der Waals surface area contributed by atoms with Crippen LogP contribution in [0.4, 0.5) is 30.2 Å². The topological polar surface area (TPSA) is 87.7 Å². The van der Waals surface area contributed by atoms with Crippen molar-refractivity contribution in [2.75, 3.05) is 22.6 Å². The number of methoxy groups -OCH3 is 1. The van der Waals surface area contributed by atoms with Crippen molar-refractivity contribution < 1.29 is 32.3 Å². The molecule has 1 aliphatic heterocycles. The Morgan fingerprint density at radius 3 is 2.30 bits per heavy atom. The smallest absolute Gasteiger partial charge is 0.416 e. The molecule has 37 heavy (non-hydrogen) atoms. The number of carbonyl (C=O) groups is 3. The molecule has 0 radical (unpaired) electrons. The fourth-order valence-electron chi connectivity index (χ4n) is 3.63. The summed E-state index contributed by atoms with van der Waals surface area (Å²) in [5.41, 5.74) is 0.494. The van der Waals surface area contributed by atoms with Gasteiger partial charge in [0.2, 0.25) is 0 Å². The van der Waals surface area contributed by atoms with Crippen LogP contribution >= 0.6 is 11.6 Å². The van der Waals surface area contributed by atoms with Crippen molar-refractivity contribution in [1.82, 2.24) is 0 Å². The molecule has 3 aromatic carbocycles. The number of anilines is 3. The number of aryl methyl sites for hydroxylation is 1. The lowest BCUT2D eigenvalue weighted by atomic mass is 10.1. The van der Waals surface area contributed by atoms with Crippen LogP contribution in [-0.4, -0.2) is 24.8 Å². The largest absolute Gasteiger partial charge is 0.495 e. The Hall–Kier alpha value is -4.31. The zero-order chi connectivity index (χ0) is 26.9. The molecule has 4 rings (SSSR count). The Bertz CT molecular complexity index is 1440. The van der Waals surface area contributed by atoms with Gasteiger partial charge in [-0.05, 0) is 67.1 Å². The normalized spacial score (nSPS) is 13.7. The number of nitrogens with zero attached hydrogens (tertiary/aromatic N) is 1. The summed E-state index contributed by atoms with van der Waals surface area (Å²) < 4.78 is 44.0. The molecule has 11 heteroatoms. The molecule has 0 fully saturated rings. The van der Waals surface area contributed by atoms with Crippen molar-refractivity contribution in [3.8, 4) is 5.75 Å². The van der Waals surface area contributed by atoms with Gasteiger partial charge in [0.25, 0.3) is 17.7 Å². The van der Waals surface area contributed by atoms with E-state index in [0.29, 0.717) is 11.4 Å². The summed E-state index contributed by atoms with van der Waals surface area (Å²) in [5.74, 6) is -1.73. The third kappa shape index (κ3) is 5.29. The van der Waals surface area contributed by atoms with E-state index in [0.717, 1.165) is 22.6 Å². The van der Waals surface area contributed by atoms with Crippen LogP contribution in [0.2, 0.25) is 0 Å². The molecule has 2 N–H and O–H groups in total. The van der Waals surface area contributed by atoms with Gasteiger partial charge in [0.15, 0.2) is 0 Å². The number of hydrogen-bond acceptors (Lipinski definition) is 5. The molecule has 0 saturated carbocycles. The van der Waals surface area contributed by atoms with Crippen molar-refractivity contribution in [1.29, 1.82) is 0 Å². The zero-order valence-electron chi connectivity index (χ0n) is 19.4. The Labute approximate surface area is 214 Å². The van der Waals surface area contributed by atoms with E-state index in [1.807, 2.05) is 0 Å². The molecule has 0 bridgehead atoms. The highest BCUT2D eigenvalue weighted by Crippen LogP contribution is 2.36. The molecule has 0 unspecified atom stereocenters. The van der Waals surface area contributed by atoms with Crippen LogP contribution in [0.25, 0.3) is 0 Å². The molecule has 1 heterocycles. The molecule has 0 atom stereocenters. The van der Waals surface area contributed by atoms with Crippen LogP contribution in [0.3, 0.4) is 0 Å². The summed E-state index contributed by atoms with van der Waals surface area (Å²) in [6, 6.07) is 15.0. The molecule has 0 aliphatic carbocycles. The standard InChI is InChI=1S/C26H19ClF3N3O4/c1-14-6-11-20(37-2)19(12-14)33-24(35)21(27)22(25(33)36)31-17-9-7-15(8-10-17)23(34)32-18-5-3-4-16(13-18)26(28,29)30/h3-13,31H,1-2H3,(H,32,34). The Morgan fingerprint density at radius 2 is 1.65 bits per heavy atom. The fraction of sp³-hybridized carbons (Fsp3) is 0.115. The Kier molecular flexibility index (Phi) is 6.95. The highest BCUT2D eigenvalue weighted by Gasteiger charge is 2.40. The van der Waals surface area contributed by atoms with Gasteiger partial charge in [0.1, 0.15) is 16.5 Å². The van der Waals surface area contributed by atoms with E-state index >= 15 is 0 Å². The number of imide groups is 1.